The van der Waals surface area contributed by atoms with Crippen molar-refractivity contribution in [3.8, 4) is 0 Å². The van der Waals surface area contributed by atoms with Gasteiger partial charge < -0.3 is 36.5 Å². The number of benzene rings is 1. The van der Waals surface area contributed by atoms with Crippen LogP contribution in [0.3, 0.4) is 0 Å². The third-order valence-electron chi connectivity index (χ3n) is 6.20. The van der Waals surface area contributed by atoms with Crippen molar-refractivity contribution in [2.24, 2.45) is 5.73 Å². The monoisotopic (exact) mass is 605 g/mol. The number of carbonyl (C=O) groups excluding carboxylic acids is 5. The molecule has 5 amide bonds. The molecule has 0 heterocycles. The Balaban J connectivity index is 2.39. The van der Waals surface area contributed by atoms with Gasteiger partial charge in [-0.25, -0.2) is 9.59 Å². The Hall–Kier alpha value is -3.83. The van der Waals surface area contributed by atoms with Crippen molar-refractivity contribution in [3.05, 3.63) is 35.9 Å². The number of amides is 5. The second-order valence-corrected chi connectivity index (χ2v) is 11.4. The highest BCUT2D eigenvalue weighted by Gasteiger charge is 2.20. The minimum atomic E-state index is -0.697. The summed E-state index contributed by atoms with van der Waals surface area (Å²) >= 11 is 0. The fraction of sp³-hybridized carbons (Fsp3) is 0.645. The van der Waals surface area contributed by atoms with Crippen molar-refractivity contribution in [1.29, 1.82) is 0 Å². The van der Waals surface area contributed by atoms with Gasteiger partial charge in [0.05, 0.1) is 0 Å². The summed E-state index contributed by atoms with van der Waals surface area (Å²) in [4.78, 5) is 60.0. The van der Waals surface area contributed by atoms with Crippen LogP contribution in [0.25, 0.3) is 0 Å². The summed E-state index contributed by atoms with van der Waals surface area (Å²) in [5.41, 5.74) is 5.50. The first kappa shape index (κ1) is 37.2. The molecule has 0 aliphatic carbocycles. The third kappa shape index (κ3) is 21.5. The van der Waals surface area contributed by atoms with E-state index in [0.717, 1.165) is 18.4 Å². The first-order valence-corrected chi connectivity index (χ1v) is 15.2. The van der Waals surface area contributed by atoms with Gasteiger partial charge in [-0.3, -0.25) is 14.4 Å². The third-order valence-corrected chi connectivity index (χ3v) is 6.20. The van der Waals surface area contributed by atoms with Gasteiger partial charge in [0.25, 0.3) is 0 Å². The minimum absolute atomic E-state index is 0.184. The topological polar surface area (TPSA) is 178 Å². The van der Waals surface area contributed by atoms with E-state index in [2.05, 4.69) is 21.3 Å². The van der Waals surface area contributed by atoms with E-state index in [1.54, 1.807) is 20.8 Å². The zero-order valence-electron chi connectivity index (χ0n) is 26.0. The van der Waals surface area contributed by atoms with Crippen LogP contribution < -0.4 is 27.0 Å². The van der Waals surface area contributed by atoms with Crippen LogP contribution in [0.4, 0.5) is 9.59 Å². The van der Waals surface area contributed by atoms with E-state index in [4.69, 9.17) is 15.2 Å². The summed E-state index contributed by atoms with van der Waals surface area (Å²) in [6.45, 7) is 6.85. The maximum absolute atomic E-state index is 12.8. The Morgan fingerprint density at radius 1 is 0.744 bits per heavy atom. The van der Waals surface area contributed by atoms with Crippen LogP contribution in [0.5, 0.6) is 0 Å². The second-order valence-electron chi connectivity index (χ2n) is 11.4. The highest BCUT2D eigenvalue weighted by molar-refractivity contribution is 5.87. The first-order valence-electron chi connectivity index (χ1n) is 15.2. The zero-order chi connectivity index (χ0) is 31.9. The minimum Gasteiger partial charge on any atom is -0.445 e. The highest BCUT2D eigenvalue weighted by Crippen LogP contribution is 2.08. The molecule has 0 spiro atoms. The number of carbonyl (C=O) groups is 5. The molecule has 242 valence electrons. The van der Waals surface area contributed by atoms with Crippen molar-refractivity contribution in [2.75, 3.05) is 19.6 Å². The van der Waals surface area contributed by atoms with E-state index in [9.17, 15) is 24.0 Å². The normalized spacial score (nSPS) is 11.6. The molecule has 0 saturated carbocycles. The Morgan fingerprint density at radius 3 is 1.95 bits per heavy atom. The summed E-state index contributed by atoms with van der Waals surface area (Å²) in [7, 11) is 0. The Kier molecular flexibility index (Phi) is 18.9. The molecule has 1 atom stereocenters. The number of alkyl carbamates (subject to hydrolysis) is 2. The van der Waals surface area contributed by atoms with Crippen molar-refractivity contribution < 1.29 is 33.4 Å². The lowest BCUT2D eigenvalue weighted by Gasteiger charge is -2.19. The molecule has 0 saturated heterocycles. The van der Waals surface area contributed by atoms with Crippen LogP contribution in [0, 0.1) is 0 Å². The van der Waals surface area contributed by atoms with Crippen LogP contribution >= 0.6 is 0 Å². The fourth-order valence-electron chi connectivity index (χ4n) is 4.00. The molecule has 0 bridgehead atoms. The molecule has 1 aromatic carbocycles. The van der Waals surface area contributed by atoms with E-state index in [1.807, 2.05) is 30.3 Å². The fourth-order valence-corrected chi connectivity index (χ4v) is 4.00. The van der Waals surface area contributed by atoms with Crippen LogP contribution in [0.15, 0.2) is 30.3 Å². The number of hydrogen-bond donors (Lipinski definition) is 5. The molecule has 12 heteroatoms. The summed E-state index contributed by atoms with van der Waals surface area (Å²) in [6, 6.07) is 8.69. The average molecular weight is 606 g/mol. The predicted octanol–water partition coefficient (Wildman–Crippen LogP) is 3.81. The second kappa shape index (κ2) is 21.8. The van der Waals surface area contributed by atoms with Gasteiger partial charge in [0.2, 0.25) is 17.7 Å². The molecule has 0 aliphatic heterocycles. The maximum atomic E-state index is 12.8. The van der Waals surface area contributed by atoms with Gasteiger partial charge in [-0.1, -0.05) is 43.2 Å². The predicted molar refractivity (Wildman–Crippen MR) is 164 cm³/mol. The number of hydrogen-bond acceptors (Lipinski definition) is 7. The number of rotatable bonds is 21. The number of ether oxygens (including phenoxy) is 2. The summed E-state index contributed by atoms with van der Waals surface area (Å²) in [5, 5.41) is 11.1. The summed E-state index contributed by atoms with van der Waals surface area (Å²) in [6.07, 6.45) is 5.41. The van der Waals surface area contributed by atoms with Gasteiger partial charge in [-0.15, -0.1) is 0 Å². The molecule has 0 aliphatic rings. The van der Waals surface area contributed by atoms with Crippen LogP contribution in [-0.2, 0) is 30.5 Å². The van der Waals surface area contributed by atoms with Crippen molar-refractivity contribution >= 4 is 29.9 Å². The lowest BCUT2D eigenvalue weighted by molar-refractivity contribution is -0.129. The van der Waals surface area contributed by atoms with Gasteiger partial charge in [0.15, 0.2) is 0 Å². The lowest BCUT2D eigenvalue weighted by atomic mass is 10.1. The Labute approximate surface area is 255 Å². The molecular weight excluding hydrogens is 554 g/mol. The highest BCUT2D eigenvalue weighted by atomic mass is 16.6. The molecule has 0 unspecified atom stereocenters. The first-order chi connectivity index (χ1) is 20.5. The Morgan fingerprint density at radius 2 is 1.33 bits per heavy atom. The maximum Gasteiger partial charge on any atom is 0.407 e. The molecule has 0 aromatic heterocycles. The number of primary amides is 1. The largest absolute Gasteiger partial charge is 0.445 e. The molecule has 43 heavy (non-hydrogen) atoms. The van der Waals surface area contributed by atoms with Gasteiger partial charge in [-0.05, 0) is 71.3 Å². The van der Waals surface area contributed by atoms with E-state index < -0.39 is 23.8 Å². The van der Waals surface area contributed by atoms with E-state index in [0.29, 0.717) is 71.0 Å². The zero-order valence-corrected chi connectivity index (χ0v) is 26.0. The summed E-state index contributed by atoms with van der Waals surface area (Å²) < 4.78 is 10.4. The van der Waals surface area contributed by atoms with Crippen molar-refractivity contribution in [1.82, 2.24) is 21.3 Å². The molecular formula is C31H51N5O7. The number of nitrogens with two attached hydrogens (primary N) is 1. The Bertz CT molecular complexity index is 982. The molecule has 6 N–H and O–H groups in total. The van der Waals surface area contributed by atoms with E-state index in [1.165, 1.54) is 0 Å². The smallest absolute Gasteiger partial charge is 0.407 e. The van der Waals surface area contributed by atoms with Crippen molar-refractivity contribution in [2.45, 2.75) is 110 Å². The van der Waals surface area contributed by atoms with Gasteiger partial charge in [0.1, 0.15) is 18.2 Å². The molecule has 12 nitrogen and oxygen atoms in total. The van der Waals surface area contributed by atoms with E-state index in [-0.39, 0.29) is 30.7 Å². The van der Waals surface area contributed by atoms with Crippen molar-refractivity contribution in [3.63, 3.8) is 0 Å². The van der Waals surface area contributed by atoms with Gasteiger partial charge in [-0.2, -0.15) is 0 Å². The number of nitrogens with one attached hydrogen (secondary N) is 4. The van der Waals surface area contributed by atoms with Crippen LogP contribution in [0.2, 0.25) is 0 Å². The lowest BCUT2D eigenvalue weighted by Crippen LogP contribution is -2.47. The summed E-state index contributed by atoms with van der Waals surface area (Å²) in [5.74, 6) is -0.825. The van der Waals surface area contributed by atoms with Gasteiger partial charge in [0, 0.05) is 32.5 Å². The molecule has 1 aromatic rings. The standard InChI is InChI=1S/C31H51N5O7/c1-31(2,3)43-30(41)35-21-13-6-10-19-27(38)36-25(28(39)33-20-12-5-9-18-26(32)37)17-11-14-22-34-29(40)42-23-24-15-7-4-8-16-24/h4,7-8,15-16,25H,5-6,9-14,17-23H2,1-3H3,(H2,32,37)(H,33,39)(H,34,40)(H,35,41)(H,36,38)/t25-/m0/s1. The molecule has 0 radical (unpaired) electrons. The quantitative estimate of drug-likeness (QED) is 0.132. The SMILES string of the molecule is CC(C)(C)OC(=O)NCCCCCC(=O)N[C@@H](CCCCNC(=O)OCc1ccccc1)C(=O)NCCCCCC(N)=O. The van der Waals surface area contributed by atoms with Crippen LogP contribution in [-0.4, -0.2) is 61.2 Å². The number of unbranched alkanes of at least 4 members (excludes halogenated alkanes) is 5. The molecule has 1 rings (SSSR count). The van der Waals surface area contributed by atoms with Gasteiger partial charge >= 0.3 is 12.2 Å². The average Bonchev–Trinajstić information content (AvgIpc) is 2.94. The molecule has 0 fully saturated rings. The van der Waals surface area contributed by atoms with Crippen LogP contribution in [0.1, 0.15) is 97.0 Å². The van der Waals surface area contributed by atoms with E-state index >= 15 is 0 Å².